The Bertz CT molecular complexity index is 393. The number of aromatic nitrogens is 1. The van der Waals surface area contributed by atoms with Crippen LogP contribution in [0.1, 0.15) is 12.5 Å². The molecule has 0 unspecified atom stereocenters. The molecule has 0 fully saturated rings. The van der Waals surface area contributed by atoms with Crippen LogP contribution in [0.5, 0.6) is 0 Å². The molecule has 4 heteroatoms. The largest absolute Gasteiger partial charge is 0.398 e. The van der Waals surface area contributed by atoms with Gasteiger partial charge in [0.1, 0.15) is 0 Å². The number of nitrogens with two attached hydrogens (primary N) is 1. The third kappa shape index (κ3) is 3.50. The second-order valence-electron chi connectivity index (χ2n) is 2.54. The van der Waals surface area contributed by atoms with Gasteiger partial charge in [0.25, 0.3) is 0 Å². The number of pyridine rings is 1. The van der Waals surface area contributed by atoms with Crippen LogP contribution in [0.15, 0.2) is 18.5 Å². The highest BCUT2D eigenvalue weighted by molar-refractivity contribution is 8.13. The van der Waals surface area contributed by atoms with Crippen molar-refractivity contribution in [3.63, 3.8) is 0 Å². The van der Waals surface area contributed by atoms with Gasteiger partial charge in [-0.15, -0.1) is 0 Å². The zero-order chi connectivity index (χ0) is 10.4. The molecule has 0 aromatic carbocycles. The molecule has 0 aliphatic rings. The van der Waals surface area contributed by atoms with Crippen molar-refractivity contribution in [3.05, 3.63) is 24.0 Å². The summed E-state index contributed by atoms with van der Waals surface area (Å²) in [4.78, 5) is 14.5. The molecular formula is C10H10N2OS. The van der Waals surface area contributed by atoms with Gasteiger partial charge in [0.05, 0.1) is 17.0 Å². The van der Waals surface area contributed by atoms with Gasteiger partial charge in [-0.05, 0) is 6.07 Å². The van der Waals surface area contributed by atoms with Crippen molar-refractivity contribution in [2.24, 2.45) is 0 Å². The number of hydrogen-bond acceptors (Lipinski definition) is 4. The van der Waals surface area contributed by atoms with E-state index >= 15 is 0 Å². The molecule has 1 aromatic rings. The second-order valence-corrected chi connectivity index (χ2v) is 3.70. The Hall–Kier alpha value is -1.47. The number of carbonyl (C=O) groups is 1. The van der Waals surface area contributed by atoms with Gasteiger partial charge in [-0.2, -0.15) is 0 Å². The average Bonchev–Trinajstić information content (AvgIpc) is 2.15. The van der Waals surface area contributed by atoms with E-state index in [9.17, 15) is 4.79 Å². The molecule has 0 aliphatic carbocycles. The van der Waals surface area contributed by atoms with Crippen LogP contribution >= 0.6 is 11.8 Å². The lowest BCUT2D eigenvalue weighted by Crippen LogP contribution is -1.90. The minimum absolute atomic E-state index is 0.0680. The first kappa shape index (κ1) is 10.6. The molecule has 0 aliphatic heterocycles. The smallest absolute Gasteiger partial charge is 0.186 e. The number of rotatable bonds is 1. The highest BCUT2D eigenvalue weighted by Gasteiger charge is 1.92. The van der Waals surface area contributed by atoms with E-state index in [1.807, 2.05) is 0 Å². The van der Waals surface area contributed by atoms with Crippen LogP contribution in [-0.2, 0) is 4.79 Å². The molecule has 2 N–H and O–H groups in total. The average molecular weight is 206 g/mol. The zero-order valence-corrected chi connectivity index (χ0v) is 8.60. The Morgan fingerprint density at radius 2 is 2.50 bits per heavy atom. The van der Waals surface area contributed by atoms with Crippen LogP contribution in [0.25, 0.3) is 0 Å². The molecule has 0 saturated heterocycles. The summed E-state index contributed by atoms with van der Waals surface area (Å²) in [6.07, 6.45) is 3.23. The van der Waals surface area contributed by atoms with E-state index in [1.54, 1.807) is 18.5 Å². The summed E-state index contributed by atoms with van der Waals surface area (Å²) in [5.74, 6) is 6.19. The summed E-state index contributed by atoms with van der Waals surface area (Å²) in [5, 5.41) is 0.0680. The number of nitrogens with zero attached hydrogens (tertiary/aromatic N) is 1. The van der Waals surface area contributed by atoms with Gasteiger partial charge >= 0.3 is 0 Å². The van der Waals surface area contributed by atoms with Gasteiger partial charge < -0.3 is 5.73 Å². The van der Waals surface area contributed by atoms with Crippen molar-refractivity contribution in [1.82, 2.24) is 4.98 Å². The molecule has 72 valence electrons. The van der Waals surface area contributed by atoms with Crippen LogP contribution in [0.2, 0.25) is 0 Å². The first-order valence-corrected chi connectivity index (χ1v) is 5.00. The maximum absolute atomic E-state index is 10.6. The van der Waals surface area contributed by atoms with Gasteiger partial charge in [0.2, 0.25) is 0 Å². The van der Waals surface area contributed by atoms with Gasteiger partial charge in [-0.3, -0.25) is 9.78 Å². The Balaban J connectivity index is 2.59. The molecule has 0 radical (unpaired) electrons. The van der Waals surface area contributed by atoms with Crippen LogP contribution in [-0.4, -0.2) is 15.9 Å². The van der Waals surface area contributed by atoms with E-state index < -0.39 is 0 Å². The van der Waals surface area contributed by atoms with E-state index in [1.165, 1.54) is 18.7 Å². The number of hydrogen-bond donors (Lipinski definition) is 1. The standard InChI is InChI=1S/C10H10N2OS/c1-8(13)14-6-2-3-9-7-12-5-4-10(9)11/h4-5,7H,6H2,1H3,(H2,11,12). The molecule has 0 saturated carbocycles. The van der Waals surface area contributed by atoms with E-state index in [0.717, 1.165) is 0 Å². The van der Waals surface area contributed by atoms with Crippen LogP contribution in [0.4, 0.5) is 5.69 Å². The third-order valence-corrected chi connectivity index (χ3v) is 2.12. The van der Waals surface area contributed by atoms with Crippen molar-refractivity contribution in [2.75, 3.05) is 11.5 Å². The van der Waals surface area contributed by atoms with Gasteiger partial charge in [0.15, 0.2) is 5.12 Å². The van der Waals surface area contributed by atoms with E-state index in [0.29, 0.717) is 17.0 Å². The first-order valence-electron chi connectivity index (χ1n) is 4.02. The molecule has 14 heavy (non-hydrogen) atoms. The molecule has 0 amide bonds. The van der Waals surface area contributed by atoms with Crippen molar-refractivity contribution >= 4 is 22.6 Å². The maximum atomic E-state index is 10.6. The lowest BCUT2D eigenvalue weighted by atomic mass is 10.2. The van der Waals surface area contributed by atoms with Gasteiger partial charge in [-0.25, -0.2) is 0 Å². The zero-order valence-electron chi connectivity index (χ0n) is 7.78. The molecule has 1 rings (SSSR count). The lowest BCUT2D eigenvalue weighted by molar-refractivity contribution is -0.109. The number of thioether (sulfide) groups is 1. The SMILES string of the molecule is CC(=O)SCC#Cc1cnccc1N. The molecule has 0 bridgehead atoms. The Morgan fingerprint density at radius 3 is 3.14 bits per heavy atom. The predicted octanol–water partition coefficient (Wildman–Crippen LogP) is 1.29. The van der Waals surface area contributed by atoms with Gasteiger partial charge in [0, 0.05) is 19.3 Å². The van der Waals surface area contributed by atoms with E-state index in [4.69, 9.17) is 5.73 Å². The number of carbonyl (C=O) groups excluding carboxylic acids is 1. The summed E-state index contributed by atoms with van der Waals surface area (Å²) in [7, 11) is 0. The fraction of sp³-hybridized carbons (Fsp3) is 0.200. The van der Waals surface area contributed by atoms with Crippen molar-refractivity contribution in [3.8, 4) is 11.8 Å². The summed E-state index contributed by atoms with van der Waals surface area (Å²) < 4.78 is 0. The highest BCUT2D eigenvalue weighted by atomic mass is 32.2. The third-order valence-electron chi connectivity index (χ3n) is 1.43. The second kappa shape index (κ2) is 5.30. The normalized spacial score (nSPS) is 8.93. The molecule has 1 aromatic heterocycles. The van der Waals surface area contributed by atoms with Crippen LogP contribution in [0.3, 0.4) is 0 Å². The van der Waals surface area contributed by atoms with Gasteiger partial charge in [-0.1, -0.05) is 23.6 Å². The highest BCUT2D eigenvalue weighted by Crippen LogP contribution is 2.06. The summed E-state index contributed by atoms with van der Waals surface area (Å²) in [6.45, 7) is 1.52. The fourth-order valence-corrected chi connectivity index (χ4v) is 1.13. The molecular weight excluding hydrogens is 196 g/mol. The van der Waals surface area contributed by atoms with Crippen LogP contribution in [0, 0.1) is 11.8 Å². The summed E-state index contributed by atoms with van der Waals surface area (Å²) >= 11 is 1.18. The first-order chi connectivity index (χ1) is 6.70. The van der Waals surface area contributed by atoms with Crippen LogP contribution < -0.4 is 5.73 Å². The minimum Gasteiger partial charge on any atom is -0.398 e. The Labute approximate surface area is 87.1 Å². The quantitative estimate of drug-likeness (QED) is 0.703. The summed E-state index contributed by atoms with van der Waals surface area (Å²) in [6, 6.07) is 1.70. The topological polar surface area (TPSA) is 56.0 Å². The predicted molar refractivity (Wildman–Crippen MR) is 58.7 cm³/mol. The lowest BCUT2D eigenvalue weighted by Gasteiger charge is -1.93. The molecule has 0 spiro atoms. The monoisotopic (exact) mass is 206 g/mol. The minimum atomic E-state index is 0.0680. The van der Waals surface area contributed by atoms with E-state index in [2.05, 4.69) is 16.8 Å². The Kier molecular flexibility index (Phi) is 4.02. The van der Waals surface area contributed by atoms with Crippen molar-refractivity contribution in [2.45, 2.75) is 6.92 Å². The number of anilines is 1. The maximum Gasteiger partial charge on any atom is 0.186 e. The fourth-order valence-electron chi connectivity index (χ4n) is 0.779. The Morgan fingerprint density at radius 1 is 1.71 bits per heavy atom. The van der Waals surface area contributed by atoms with Crippen molar-refractivity contribution in [1.29, 1.82) is 0 Å². The molecule has 3 nitrogen and oxygen atoms in total. The van der Waals surface area contributed by atoms with E-state index in [-0.39, 0.29) is 5.12 Å². The van der Waals surface area contributed by atoms with Crippen molar-refractivity contribution < 1.29 is 4.79 Å². The number of nitrogen functional groups attached to an aromatic ring is 1. The molecule has 0 atom stereocenters. The molecule has 1 heterocycles. The summed E-state index contributed by atoms with van der Waals surface area (Å²) in [5.41, 5.74) is 6.96.